The lowest BCUT2D eigenvalue weighted by molar-refractivity contribution is 0.476. The highest BCUT2D eigenvalue weighted by Gasteiger charge is 2.14. The third-order valence-corrected chi connectivity index (χ3v) is 6.62. The van der Waals surface area contributed by atoms with E-state index in [4.69, 9.17) is 16.0 Å². The molecule has 2 heterocycles. The fourth-order valence-corrected chi connectivity index (χ4v) is 4.51. The second-order valence-corrected chi connectivity index (χ2v) is 9.30. The van der Waals surface area contributed by atoms with Crippen LogP contribution < -0.4 is 10.3 Å². The van der Waals surface area contributed by atoms with Crippen LogP contribution in [0, 0.1) is 0 Å². The number of furan rings is 1. The third kappa shape index (κ3) is 4.92. The van der Waals surface area contributed by atoms with Gasteiger partial charge in [-0.2, -0.15) is 0 Å². The van der Waals surface area contributed by atoms with Gasteiger partial charge in [-0.1, -0.05) is 23.4 Å². The molecule has 2 aromatic heterocycles. The van der Waals surface area contributed by atoms with Gasteiger partial charge in [-0.15, -0.1) is 0 Å². The van der Waals surface area contributed by atoms with Crippen molar-refractivity contribution in [3.8, 4) is 0 Å². The van der Waals surface area contributed by atoms with Crippen LogP contribution in [0.5, 0.6) is 0 Å². The van der Waals surface area contributed by atoms with E-state index in [1.165, 1.54) is 23.4 Å². The van der Waals surface area contributed by atoms with Crippen LogP contribution in [0.15, 0.2) is 51.0 Å². The number of sulfonamides is 1. The summed E-state index contributed by atoms with van der Waals surface area (Å²) in [5.41, 5.74) is 0.312. The monoisotopic (exact) mass is 427 g/mol. The normalized spacial score (nSPS) is 11.9. The van der Waals surface area contributed by atoms with Crippen molar-refractivity contribution in [1.82, 2.24) is 14.3 Å². The minimum Gasteiger partial charge on any atom is -0.467 e. The Hall–Kier alpha value is -1.81. The number of halogens is 1. The Balaban J connectivity index is 1.92. The molecule has 0 atom stereocenters. The van der Waals surface area contributed by atoms with Crippen molar-refractivity contribution >= 4 is 44.3 Å². The molecule has 10 heteroatoms. The molecule has 1 N–H and O–H groups in total. The molecule has 0 aliphatic rings. The summed E-state index contributed by atoms with van der Waals surface area (Å²) in [6.07, 6.45) is 1.97. The number of benzene rings is 1. The van der Waals surface area contributed by atoms with Crippen LogP contribution in [0.1, 0.15) is 12.2 Å². The van der Waals surface area contributed by atoms with Crippen molar-refractivity contribution < 1.29 is 12.8 Å². The molecule has 0 bridgehead atoms. The van der Waals surface area contributed by atoms with Crippen LogP contribution in [0.2, 0.25) is 5.02 Å². The van der Waals surface area contributed by atoms with Gasteiger partial charge in [0.05, 0.1) is 29.5 Å². The van der Waals surface area contributed by atoms with Crippen LogP contribution >= 0.6 is 23.4 Å². The van der Waals surface area contributed by atoms with Gasteiger partial charge in [0, 0.05) is 10.8 Å². The maximum absolute atomic E-state index is 12.9. The fraction of sp³-hybridized carbons (Fsp3) is 0.294. The van der Waals surface area contributed by atoms with E-state index in [2.05, 4.69) is 9.71 Å². The molecule has 0 amide bonds. The first-order valence-corrected chi connectivity index (χ1v) is 11.2. The number of hydrogen-bond donors (Lipinski definition) is 1. The Kier molecular flexibility index (Phi) is 6.25. The number of hydrogen-bond acceptors (Lipinski definition) is 6. The Labute approximate surface area is 165 Å². The minimum absolute atomic E-state index is 0.0122. The number of nitrogens with zero attached hydrogens (tertiary/aromatic N) is 2. The number of thioether (sulfide) groups is 1. The zero-order valence-corrected chi connectivity index (χ0v) is 16.9. The van der Waals surface area contributed by atoms with Crippen molar-refractivity contribution in [3.63, 3.8) is 0 Å². The topological polar surface area (TPSA) is 94.2 Å². The van der Waals surface area contributed by atoms with Crippen LogP contribution in [-0.4, -0.2) is 36.5 Å². The van der Waals surface area contributed by atoms with E-state index in [1.54, 1.807) is 36.6 Å². The van der Waals surface area contributed by atoms with Crippen molar-refractivity contribution in [1.29, 1.82) is 0 Å². The number of fused-ring (bicyclic) bond motifs is 1. The summed E-state index contributed by atoms with van der Waals surface area (Å²) in [7, 11) is -1.87. The molecule has 0 aliphatic heterocycles. The second kappa shape index (κ2) is 8.47. The van der Waals surface area contributed by atoms with Gasteiger partial charge in [0.15, 0.2) is 5.16 Å². The molecule has 0 radical (unpaired) electrons. The highest BCUT2D eigenvalue weighted by molar-refractivity contribution is 7.99. The van der Waals surface area contributed by atoms with Gasteiger partial charge in [-0.05, 0) is 43.8 Å². The predicted octanol–water partition coefficient (Wildman–Crippen LogP) is 2.72. The molecule has 0 saturated heterocycles. The molecule has 27 heavy (non-hydrogen) atoms. The first-order chi connectivity index (χ1) is 12.9. The fourth-order valence-electron chi connectivity index (χ4n) is 2.50. The molecule has 0 unspecified atom stereocenters. The molecular formula is C17H18ClN3O4S2. The number of rotatable bonds is 8. The lowest BCUT2D eigenvalue weighted by atomic mass is 10.2. The van der Waals surface area contributed by atoms with Gasteiger partial charge < -0.3 is 4.42 Å². The van der Waals surface area contributed by atoms with Crippen molar-refractivity contribution in [2.45, 2.75) is 18.1 Å². The third-order valence-electron chi connectivity index (χ3n) is 3.88. The van der Waals surface area contributed by atoms with E-state index in [0.717, 1.165) is 0 Å². The zero-order valence-electron chi connectivity index (χ0n) is 14.5. The van der Waals surface area contributed by atoms with Crippen LogP contribution in [-0.2, 0) is 16.6 Å². The largest absolute Gasteiger partial charge is 0.467 e. The number of nitrogens with one attached hydrogen (secondary N) is 1. The van der Waals surface area contributed by atoms with Crippen molar-refractivity contribution in [2.24, 2.45) is 0 Å². The van der Waals surface area contributed by atoms with Crippen molar-refractivity contribution in [3.05, 3.63) is 57.7 Å². The van der Waals surface area contributed by atoms with E-state index in [1.807, 2.05) is 0 Å². The Morgan fingerprint density at radius 3 is 2.85 bits per heavy atom. The average molecular weight is 428 g/mol. The van der Waals surface area contributed by atoms with E-state index in [9.17, 15) is 13.2 Å². The van der Waals surface area contributed by atoms with Gasteiger partial charge in [-0.25, -0.2) is 18.1 Å². The van der Waals surface area contributed by atoms with Gasteiger partial charge >= 0.3 is 0 Å². The van der Waals surface area contributed by atoms with E-state index < -0.39 is 10.0 Å². The summed E-state index contributed by atoms with van der Waals surface area (Å²) in [5, 5.41) is 1.45. The maximum atomic E-state index is 12.9. The quantitative estimate of drug-likeness (QED) is 0.337. The highest BCUT2D eigenvalue weighted by Crippen LogP contribution is 2.22. The van der Waals surface area contributed by atoms with Gasteiger partial charge in [-0.3, -0.25) is 9.36 Å². The van der Waals surface area contributed by atoms with Gasteiger partial charge in [0.25, 0.3) is 5.56 Å². The van der Waals surface area contributed by atoms with E-state index in [-0.39, 0.29) is 17.9 Å². The first kappa shape index (κ1) is 19.9. The smallest absolute Gasteiger partial charge is 0.262 e. The van der Waals surface area contributed by atoms with Crippen LogP contribution in [0.4, 0.5) is 0 Å². The van der Waals surface area contributed by atoms with Gasteiger partial charge in [0.2, 0.25) is 10.0 Å². The first-order valence-electron chi connectivity index (χ1n) is 8.16. The maximum Gasteiger partial charge on any atom is 0.262 e. The summed E-state index contributed by atoms with van der Waals surface area (Å²) >= 11 is 7.36. The van der Waals surface area contributed by atoms with Crippen LogP contribution in [0.25, 0.3) is 10.9 Å². The molecule has 0 saturated carbocycles. The summed E-state index contributed by atoms with van der Waals surface area (Å²) in [6.45, 7) is 0.245. The summed E-state index contributed by atoms with van der Waals surface area (Å²) in [4.78, 5) is 17.5. The Bertz CT molecular complexity index is 1100. The molecule has 0 spiro atoms. The molecule has 3 rings (SSSR count). The van der Waals surface area contributed by atoms with Gasteiger partial charge in [0.1, 0.15) is 5.76 Å². The standard InChI is InChI=1S/C17H18ClN3O4S2/c1-19-27(23,24)9-3-8-26-17-20-15-10-12(18)5-6-14(15)16(22)21(17)11-13-4-2-7-25-13/h2,4-7,10,19H,3,8-9,11H2,1H3. The molecule has 144 valence electrons. The second-order valence-electron chi connectivity index (χ2n) is 5.75. The molecule has 1 aromatic carbocycles. The average Bonchev–Trinajstić information content (AvgIpc) is 3.14. The molecule has 7 nitrogen and oxygen atoms in total. The van der Waals surface area contributed by atoms with E-state index >= 15 is 0 Å². The Morgan fingerprint density at radius 2 is 2.15 bits per heavy atom. The zero-order chi connectivity index (χ0) is 19.4. The summed E-state index contributed by atoms with van der Waals surface area (Å²) in [6, 6.07) is 8.49. The lowest BCUT2D eigenvalue weighted by Crippen LogP contribution is -2.24. The molecule has 0 fully saturated rings. The van der Waals surface area contributed by atoms with Crippen LogP contribution in [0.3, 0.4) is 0 Å². The molecule has 3 aromatic rings. The lowest BCUT2D eigenvalue weighted by Gasteiger charge is -2.12. The highest BCUT2D eigenvalue weighted by atomic mass is 35.5. The summed E-state index contributed by atoms with van der Waals surface area (Å²) in [5.74, 6) is 1.14. The summed E-state index contributed by atoms with van der Waals surface area (Å²) < 4.78 is 32.3. The Morgan fingerprint density at radius 1 is 1.33 bits per heavy atom. The SMILES string of the molecule is CNS(=O)(=O)CCCSc1nc2cc(Cl)ccc2c(=O)n1Cc1ccco1. The molecular weight excluding hydrogens is 410 g/mol. The number of aromatic nitrogens is 2. The minimum atomic E-state index is -3.26. The van der Waals surface area contributed by atoms with Crippen molar-refractivity contribution in [2.75, 3.05) is 18.6 Å². The predicted molar refractivity (Wildman–Crippen MR) is 107 cm³/mol. The molecule has 0 aliphatic carbocycles. The van der Waals surface area contributed by atoms with E-state index in [0.29, 0.717) is 39.0 Å².